The first-order valence-corrected chi connectivity index (χ1v) is 8.85. The molecule has 2 fully saturated rings. The van der Waals surface area contributed by atoms with E-state index >= 15 is 0 Å². The molecule has 5 heterocycles. The number of anilines is 1. The van der Waals surface area contributed by atoms with E-state index in [1.54, 1.807) is 17.7 Å². The fourth-order valence-electron chi connectivity index (χ4n) is 3.91. The fraction of sp³-hybridized carbons (Fsp3) is 0.353. The van der Waals surface area contributed by atoms with E-state index in [4.69, 9.17) is 0 Å². The third-order valence-electron chi connectivity index (χ3n) is 4.96. The summed E-state index contributed by atoms with van der Waals surface area (Å²) in [7, 11) is 0. The van der Waals surface area contributed by atoms with E-state index in [0.29, 0.717) is 12.1 Å². The van der Waals surface area contributed by atoms with Crippen LogP contribution in [0.25, 0.3) is 10.2 Å². The second-order valence-corrected chi connectivity index (χ2v) is 7.18. The molecule has 0 aromatic carbocycles. The second kappa shape index (κ2) is 5.25. The highest BCUT2D eigenvalue weighted by atomic mass is 32.1. The Labute approximate surface area is 138 Å². The minimum atomic E-state index is 0.557. The SMILES string of the molecule is c1ccc(CN2CC3CC2CN3c2ncnc3sccc23)nc1. The van der Waals surface area contributed by atoms with Crippen LogP contribution in [0.1, 0.15) is 12.1 Å². The Kier molecular flexibility index (Phi) is 3.06. The summed E-state index contributed by atoms with van der Waals surface area (Å²) in [6.45, 7) is 3.10. The zero-order valence-corrected chi connectivity index (χ0v) is 13.5. The Morgan fingerprint density at radius 2 is 2.09 bits per heavy atom. The lowest BCUT2D eigenvalue weighted by Gasteiger charge is -2.34. The van der Waals surface area contributed by atoms with Gasteiger partial charge in [0.25, 0.3) is 0 Å². The molecule has 0 spiro atoms. The molecule has 2 aliphatic rings. The molecule has 2 atom stereocenters. The number of pyridine rings is 1. The molecular formula is C17H17N5S. The molecule has 2 aliphatic heterocycles. The Bertz CT molecular complexity index is 833. The Balaban J connectivity index is 1.37. The van der Waals surface area contributed by atoms with Gasteiger partial charge in [-0.3, -0.25) is 9.88 Å². The van der Waals surface area contributed by atoms with Crippen LogP contribution in [0.3, 0.4) is 0 Å². The summed E-state index contributed by atoms with van der Waals surface area (Å²) in [6, 6.07) is 9.46. The summed E-state index contributed by atoms with van der Waals surface area (Å²) in [5.74, 6) is 1.11. The average Bonchev–Trinajstić information content (AvgIpc) is 3.30. The van der Waals surface area contributed by atoms with E-state index < -0.39 is 0 Å². The average molecular weight is 323 g/mol. The van der Waals surface area contributed by atoms with Crippen LogP contribution >= 0.6 is 11.3 Å². The zero-order chi connectivity index (χ0) is 15.2. The molecule has 116 valence electrons. The number of hydrogen-bond donors (Lipinski definition) is 0. The highest BCUT2D eigenvalue weighted by molar-refractivity contribution is 7.16. The van der Waals surface area contributed by atoms with Crippen LogP contribution in [0.15, 0.2) is 42.2 Å². The molecule has 3 aromatic rings. The zero-order valence-electron chi connectivity index (χ0n) is 12.7. The monoisotopic (exact) mass is 323 g/mol. The van der Waals surface area contributed by atoms with Gasteiger partial charge in [-0.05, 0) is 30.0 Å². The van der Waals surface area contributed by atoms with Gasteiger partial charge in [-0.15, -0.1) is 11.3 Å². The molecule has 2 bridgehead atoms. The molecule has 0 amide bonds. The third kappa shape index (κ3) is 2.21. The number of hydrogen-bond acceptors (Lipinski definition) is 6. The summed E-state index contributed by atoms with van der Waals surface area (Å²) in [6.07, 6.45) is 4.80. The van der Waals surface area contributed by atoms with Gasteiger partial charge in [-0.1, -0.05) is 6.07 Å². The Hall–Kier alpha value is -2.05. The van der Waals surface area contributed by atoms with Gasteiger partial charge in [0.1, 0.15) is 17.0 Å². The number of nitrogens with zero attached hydrogens (tertiary/aromatic N) is 5. The maximum Gasteiger partial charge on any atom is 0.141 e. The first-order chi connectivity index (χ1) is 11.4. The molecule has 0 radical (unpaired) electrons. The molecule has 0 saturated carbocycles. The van der Waals surface area contributed by atoms with Crippen molar-refractivity contribution >= 4 is 27.4 Å². The lowest BCUT2D eigenvalue weighted by molar-refractivity contribution is 0.227. The molecule has 3 aromatic heterocycles. The van der Waals surface area contributed by atoms with E-state index in [-0.39, 0.29) is 0 Å². The van der Waals surface area contributed by atoms with Crippen molar-refractivity contribution in [3.05, 3.63) is 47.9 Å². The van der Waals surface area contributed by atoms with Crippen molar-refractivity contribution in [1.29, 1.82) is 0 Å². The molecule has 0 aliphatic carbocycles. The van der Waals surface area contributed by atoms with Crippen LogP contribution in [0.4, 0.5) is 5.82 Å². The van der Waals surface area contributed by atoms with Gasteiger partial charge in [0, 0.05) is 37.9 Å². The van der Waals surface area contributed by atoms with Gasteiger partial charge >= 0.3 is 0 Å². The van der Waals surface area contributed by atoms with E-state index in [9.17, 15) is 0 Å². The van der Waals surface area contributed by atoms with Crippen molar-refractivity contribution in [3.8, 4) is 0 Å². The standard InChI is InChI=1S/C17H17N5S/c1-2-5-18-12(3-1)8-21-9-14-7-13(21)10-22(14)16-15-4-6-23-17(15)20-11-19-16/h1-6,11,13-14H,7-10H2. The lowest BCUT2D eigenvalue weighted by atomic mass is 10.2. The smallest absolute Gasteiger partial charge is 0.141 e. The molecule has 5 nitrogen and oxygen atoms in total. The molecule has 0 N–H and O–H groups in total. The van der Waals surface area contributed by atoms with Crippen LogP contribution in [-0.2, 0) is 6.54 Å². The van der Waals surface area contributed by atoms with Crippen molar-refractivity contribution < 1.29 is 0 Å². The second-order valence-electron chi connectivity index (χ2n) is 6.28. The Morgan fingerprint density at radius 3 is 2.91 bits per heavy atom. The largest absolute Gasteiger partial charge is 0.350 e. The van der Waals surface area contributed by atoms with Gasteiger partial charge in [0.15, 0.2) is 0 Å². The van der Waals surface area contributed by atoms with Crippen molar-refractivity contribution in [1.82, 2.24) is 19.9 Å². The van der Waals surface area contributed by atoms with Crippen molar-refractivity contribution in [2.24, 2.45) is 0 Å². The van der Waals surface area contributed by atoms with Gasteiger partial charge in [-0.2, -0.15) is 0 Å². The van der Waals surface area contributed by atoms with E-state index in [2.05, 4.69) is 48.3 Å². The quantitative estimate of drug-likeness (QED) is 0.741. The van der Waals surface area contributed by atoms with Gasteiger partial charge in [0.05, 0.1) is 11.1 Å². The summed E-state index contributed by atoms with van der Waals surface area (Å²) in [5, 5.41) is 3.30. The number of piperazine rings is 1. The van der Waals surface area contributed by atoms with Crippen LogP contribution in [-0.4, -0.2) is 45.0 Å². The minimum Gasteiger partial charge on any atom is -0.350 e. The lowest BCUT2D eigenvalue weighted by Crippen LogP contribution is -2.46. The first kappa shape index (κ1) is 13.4. The maximum absolute atomic E-state index is 4.58. The Morgan fingerprint density at radius 1 is 1.09 bits per heavy atom. The van der Waals surface area contributed by atoms with E-state index in [1.165, 1.54) is 11.8 Å². The molecule has 2 unspecified atom stereocenters. The van der Waals surface area contributed by atoms with Crippen LogP contribution in [0.2, 0.25) is 0 Å². The number of rotatable bonds is 3. The number of aromatic nitrogens is 3. The molecule has 2 saturated heterocycles. The predicted octanol–water partition coefficient (Wildman–Crippen LogP) is 2.55. The maximum atomic E-state index is 4.58. The summed E-state index contributed by atoms with van der Waals surface area (Å²) >= 11 is 1.69. The van der Waals surface area contributed by atoms with Gasteiger partial charge in [-0.25, -0.2) is 9.97 Å². The summed E-state index contributed by atoms with van der Waals surface area (Å²) in [5.41, 5.74) is 1.16. The number of fused-ring (bicyclic) bond motifs is 3. The highest BCUT2D eigenvalue weighted by Crippen LogP contribution is 2.37. The molecular weight excluding hydrogens is 306 g/mol. The normalized spacial score (nSPS) is 23.9. The first-order valence-electron chi connectivity index (χ1n) is 7.97. The highest BCUT2D eigenvalue weighted by Gasteiger charge is 2.44. The molecule has 23 heavy (non-hydrogen) atoms. The van der Waals surface area contributed by atoms with Crippen molar-refractivity contribution in [2.45, 2.75) is 25.0 Å². The predicted molar refractivity (Wildman–Crippen MR) is 91.6 cm³/mol. The van der Waals surface area contributed by atoms with Crippen LogP contribution in [0.5, 0.6) is 0 Å². The van der Waals surface area contributed by atoms with Crippen LogP contribution in [0, 0.1) is 0 Å². The molecule has 5 rings (SSSR count). The van der Waals surface area contributed by atoms with E-state index in [1.807, 2.05) is 12.3 Å². The van der Waals surface area contributed by atoms with Gasteiger partial charge in [0.2, 0.25) is 0 Å². The van der Waals surface area contributed by atoms with Crippen LogP contribution < -0.4 is 4.90 Å². The number of thiophene rings is 1. The topological polar surface area (TPSA) is 45.2 Å². The van der Waals surface area contributed by atoms with E-state index in [0.717, 1.165) is 36.0 Å². The fourth-order valence-corrected chi connectivity index (χ4v) is 4.64. The molecule has 6 heteroatoms. The minimum absolute atomic E-state index is 0.557. The summed E-state index contributed by atoms with van der Waals surface area (Å²) in [4.78, 5) is 19.5. The van der Waals surface area contributed by atoms with Crippen molar-refractivity contribution in [3.63, 3.8) is 0 Å². The summed E-state index contributed by atoms with van der Waals surface area (Å²) < 4.78 is 0. The number of likely N-dealkylation sites (tertiary alicyclic amines) is 1. The van der Waals surface area contributed by atoms with Crippen molar-refractivity contribution in [2.75, 3.05) is 18.0 Å². The van der Waals surface area contributed by atoms with Gasteiger partial charge < -0.3 is 4.90 Å². The third-order valence-corrected chi connectivity index (χ3v) is 5.78.